The minimum atomic E-state index is 0.171. The van der Waals surface area contributed by atoms with Gasteiger partial charge in [-0.25, -0.2) is 0 Å². The quantitative estimate of drug-likeness (QED) is 0.643. The van der Waals surface area contributed by atoms with Gasteiger partial charge < -0.3 is 5.73 Å². The monoisotopic (exact) mass is 167 g/mol. The fourth-order valence-electron chi connectivity index (χ4n) is 1.24. The molecule has 0 aliphatic rings. The summed E-state index contributed by atoms with van der Waals surface area (Å²) in [6.45, 7) is 10.5. The average molecular weight is 167 g/mol. The average Bonchev–Trinajstić information content (AvgIpc) is 2.00. The fourth-order valence-corrected chi connectivity index (χ4v) is 1.24. The molecular weight excluding hydrogens is 146 g/mol. The summed E-state index contributed by atoms with van der Waals surface area (Å²) < 4.78 is 0. The Hall–Kier alpha value is -0.560. The van der Waals surface area contributed by atoms with E-state index in [2.05, 4.69) is 39.8 Å². The van der Waals surface area contributed by atoms with Crippen LogP contribution >= 0.6 is 0 Å². The Labute approximate surface area is 76.3 Å². The van der Waals surface area contributed by atoms with Crippen molar-refractivity contribution in [3.8, 4) is 0 Å². The molecule has 0 rings (SSSR count). The van der Waals surface area contributed by atoms with Gasteiger partial charge in [0.25, 0.3) is 0 Å². The number of rotatable bonds is 3. The second-order valence-electron chi connectivity index (χ2n) is 3.66. The van der Waals surface area contributed by atoms with E-state index in [1.54, 1.807) is 0 Å². The largest absolute Gasteiger partial charge is 0.324 e. The number of nitrogens with two attached hydrogens (primary N) is 1. The lowest BCUT2D eigenvalue weighted by atomic mass is 9.94. The maximum absolute atomic E-state index is 6.01. The summed E-state index contributed by atoms with van der Waals surface area (Å²) in [7, 11) is 0. The molecule has 0 aliphatic heterocycles. The van der Waals surface area contributed by atoms with Crippen LogP contribution in [0, 0.1) is 5.92 Å². The molecule has 12 heavy (non-hydrogen) atoms. The fraction of sp³-hybridized carbons (Fsp3) is 0.636. The van der Waals surface area contributed by atoms with Gasteiger partial charge in [-0.05, 0) is 33.6 Å². The molecule has 0 saturated carbocycles. The van der Waals surface area contributed by atoms with Gasteiger partial charge in [0.05, 0.1) is 0 Å². The van der Waals surface area contributed by atoms with Crippen molar-refractivity contribution in [2.45, 2.75) is 40.7 Å². The zero-order chi connectivity index (χ0) is 9.72. The SMILES string of the molecule is C/C=C(/C)C(N)C(C)C=C(C)C. The highest BCUT2D eigenvalue weighted by Crippen LogP contribution is 2.12. The minimum absolute atomic E-state index is 0.171. The first-order valence-corrected chi connectivity index (χ1v) is 4.52. The van der Waals surface area contributed by atoms with Gasteiger partial charge in [-0.15, -0.1) is 0 Å². The highest BCUT2D eigenvalue weighted by atomic mass is 14.6. The molecule has 0 radical (unpaired) electrons. The molecule has 0 aromatic heterocycles. The summed E-state index contributed by atoms with van der Waals surface area (Å²) in [4.78, 5) is 0. The Morgan fingerprint density at radius 1 is 1.25 bits per heavy atom. The van der Waals surface area contributed by atoms with Crippen molar-refractivity contribution in [3.05, 3.63) is 23.3 Å². The van der Waals surface area contributed by atoms with Gasteiger partial charge in [-0.2, -0.15) is 0 Å². The van der Waals surface area contributed by atoms with Crippen LogP contribution in [0.3, 0.4) is 0 Å². The smallest absolute Gasteiger partial charge is 0.0311 e. The van der Waals surface area contributed by atoms with Gasteiger partial charge >= 0.3 is 0 Å². The van der Waals surface area contributed by atoms with E-state index in [9.17, 15) is 0 Å². The van der Waals surface area contributed by atoms with Crippen molar-refractivity contribution < 1.29 is 0 Å². The lowest BCUT2D eigenvalue weighted by Gasteiger charge is -2.17. The Morgan fingerprint density at radius 2 is 1.75 bits per heavy atom. The van der Waals surface area contributed by atoms with Gasteiger partial charge in [-0.1, -0.05) is 30.2 Å². The van der Waals surface area contributed by atoms with Crippen molar-refractivity contribution in [1.82, 2.24) is 0 Å². The summed E-state index contributed by atoms with van der Waals surface area (Å²) in [5.74, 6) is 0.436. The first kappa shape index (κ1) is 11.4. The first-order valence-electron chi connectivity index (χ1n) is 4.52. The molecule has 0 saturated heterocycles. The van der Waals surface area contributed by atoms with Crippen molar-refractivity contribution in [2.75, 3.05) is 0 Å². The predicted octanol–water partition coefficient (Wildman–Crippen LogP) is 2.88. The molecule has 2 unspecified atom stereocenters. The molecule has 0 aromatic carbocycles. The third kappa shape index (κ3) is 3.72. The Bertz CT molecular complexity index is 185. The van der Waals surface area contributed by atoms with Crippen LogP contribution in [-0.2, 0) is 0 Å². The lowest BCUT2D eigenvalue weighted by molar-refractivity contribution is 0.599. The molecule has 0 spiro atoms. The molecule has 0 heterocycles. The van der Waals surface area contributed by atoms with Crippen molar-refractivity contribution in [3.63, 3.8) is 0 Å². The van der Waals surface area contributed by atoms with E-state index in [1.165, 1.54) is 11.1 Å². The van der Waals surface area contributed by atoms with E-state index in [-0.39, 0.29) is 6.04 Å². The van der Waals surface area contributed by atoms with Crippen LogP contribution in [0.4, 0.5) is 0 Å². The van der Waals surface area contributed by atoms with E-state index < -0.39 is 0 Å². The third-order valence-electron chi connectivity index (χ3n) is 2.14. The Balaban J connectivity index is 4.29. The van der Waals surface area contributed by atoms with Crippen LogP contribution in [-0.4, -0.2) is 6.04 Å². The van der Waals surface area contributed by atoms with Crippen LogP contribution in [0.2, 0.25) is 0 Å². The summed E-state index contributed by atoms with van der Waals surface area (Å²) in [6.07, 6.45) is 4.30. The number of hydrogen-bond donors (Lipinski definition) is 1. The zero-order valence-electron chi connectivity index (χ0n) is 8.89. The van der Waals surface area contributed by atoms with Gasteiger partial charge in [0.2, 0.25) is 0 Å². The molecule has 70 valence electrons. The van der Waals surface area contributed by atoms with Crippen LogP contribution in [0.25, 0.3) is 0 Å². The molecule has 0 aliphatic carbocycles. The second kappa shape index (κ2) is 5.15. The second-order valence-corrected chi connectivity index (χ2v) is 3.66. The van der Waals surface area contributed by atoms with Gasteiger partial charge in [-0.3, -0.25) is 0 Å². The topological polar surface area (TPSA) is 26.0 Å². The van der Waals surface area contributed by atoms with Crippen molar-refractivity contribution >= 4 is 0 Å². The summed E-state index contributed by atoms with van der Waals surface area (Å²) >= 11 is 0. The maximum atomic E-state index is 6.01. The van der Waals surface area contributed by atoms with E-state index in [0.717, 1.165) is 0 Å². The molecule has 0 bridgehead atoms. The van der Waals surface area contributed by atoms with Gasteiger partial charge in [0, 0.05) is 6.04 Å². The molecule has 0 amide bonds. The maximum Gasteiger partial charge on any atom is 0.0311 e. The summed E-state index contributed by atoms with van der Waals surface area (Å²) in [5.41, 5.74) is 8.61. The van der Waals surface area contributed by atoms with Crippen LogP contribution in [0.1, 0.15) is 34.6 Å². The normalized spacial score (nSPS) is 17.0. The standard InChI is InChI=1S/C11H21N/c1-6-9(4)11(12)10(5)7-8(2)3/h6-7,10-11H,12H2,1-5H3/b9-6-. The van der Waals surface area contributed by atoms with E-state index in [4.69, 9.17) is 5.73 Å². The first-order chi connectivity index (χ1) is 5.49. The van der Waals surface area contributed by atoms with Gasteiger partial charge in [0.1, 0.15) is 0 Å². The molecule has 2 atom stereocenters. The molecular formula is C11H21N. The van der Waals surface area contributed by atoms with Crippen LogP contribution < -0.4 is 5.73 Å². The van der Waals surface area contributed by atoms with Gasteiger partial charge in [0.15, 0.2) is 0 Å². The molecule has 1 heteroatoms. The zero-order valence-corrected chi connectivity index (χ0v) is 8.89. The molecule has 2 N–H and O–H groups in total. The van der Waals surface area contributed by atoms with Crippen molar-refractivity contribution in [1.29, 1.82) is 0 Å². The van der Waals surface area contributed by atoms with E-state index in [0.29, 0.717) is 5.92 Å². The van der Waals surface area contributed by atoms with Crippen LogP contribution in [0.15, 0.2) is 23.3 Å². The number of hydrogen-bond acceptors (Lipinski definition) is 1. The highest BCUT2D eigenvalue weighted by molar-refractivity contribution is 5.12. The van der Waals surface area contributed by atoms with E-state index in [1.807, 2.05) is 6.92 Å². The predicted molar refractivity (Wildman–Crippen MR) is 56.0 cm³/mol. The molecule has 1 nitrogen and oxygen atoms in total. The molecule has 0 aromatic rings. The van der Waals surface area contributed by atoms with Crippen LogP contribution in [0.5, 0.6) is 0 Å². The summed E-state index contributed by atoms with van der Waals surface area (Å²) in [5, 5.41) is 0. The lowest BCUT2D eigenvalue weighted by Crippen LogP contribution is -2.28. The summed E-state index contributed by atoms with van der Waals surface area (Å²) in [6, 6.07) is 0.171. The highest BCUT2D eigenvalue weighted by Gasteiger charge is 2.10. The Kier molecular flexibility index (Phi) is 4.91. The molecule has 0 fully saturated rings. The Morgan fingerprint density at radius 3 is 2.08 bits per heavy atom. The van der Waals surface area contributed by atoms with Crippen molar-refractivity contribution in [2.24, 2.45) is 11.7 Å². The van der Waals surface area contributed by atoms with E-state index >= 15 is 0 Å². The third-order valence-corrected chi connectivity index (χ3v) is 2.14. The minimum Gasteiger partial charge on any atom is -0.324 e. The number of allylic oxidation sites excluding steroid dienone is 2.